The SMILES string of the molecule is C[C@]12CC(=N/O)/C(=N/NS(C)(=O)=O)C=C1C=C[C@@H]1[C@@H]2CC[C@@]2(C)[C@H]1CC[C@]2(C)O. The Hall–Kier alpha value is -1.67. The summed E-state index contributed by atoms with van der Waals surface area (Å²) in [5, 5.41) is 28.0. The topological polar surface area (TPSA) is 111 Å². The van der Waals surface area contributed by atoms with Gasteiger partial charge in [-0.25, -0.2) is 13.2 Å². The quantitative estimate of drug-likeness (QED) is 0.470. The van der Waals surface area contributed by atoms with Crippen LogP contribution in [0.4, 0.5) is 0 Å². The summed E-state index contributed by atoms with van der Waals surface area (Å²) in [6.45, 7) is 6.44. The predicted octanol–water partition coefficient (Wildman–Crippen LogP) is 2.82. The van der Waals surface area contributed by atoms with Crippen LogP contribution in [0.15, 0.2) is 34.1 Å². The third-order valence-corrected chi connectivity index (χ3v) is 8.87. The number of rotatable bonds is 2. The summed E-state index contributed by atoms with van der Waals surface area (Å²) in [5.74, 6) is 1.19. The van der Waals surface area contributed by atoms with Gasteiger partial charge in [0.05, 0.1) is 11.9 Å². The van der Waals surface area contributed by atoms with Crippen LogP contribution < -0.4 is 4.83 Å². The first-order chi connectivity index (χ1) is 13.4. The van der Waals surface area contributed by atoms with E-state index in [1.54, 1.807) is 0 Å². The number of allylic oxidation sites excluding steroid dienone is 4. The highest BCUT2D eigenvalue weighted by atomic mass is 32.2. The van der Waals surface area contributed by atoms with Gasteiger partial charge in [0.1, 0.15) is 11.4 Å². The molecule has 2 saturated carbocycles. The second kappa shape index (κ2) is 6.41. The van der Waals surface area contributed by atoms with Crippen LogP contribution in [0, 0.1) is 28.6 Å². The Kier molecular flexibility index (Phi) is 4.55. The maximum atomic E-state index is 11.4. The smallest absolute Gasteiger partial charge is 0.244 e. The van der Waals surface area contributed by atoms with Crippen molar-refractivity contribution >= 4 is 21.4 Å². The standard InChI is InChI=1S/C21H31N3O4S/c1-19-12-18(23-26)17(22-24-29(4,27)28)11-13(19)5-6-14-15(19)7-9-20(2)16(14)8-10-21(20,3)25/h5-6,11,14-16,24-26H,7-10,12H2,1-4H3/b22-17+,23-18-/t14-,15+,16+,19+,20+,21+/m1/s1. The third kappa shape index (κ3) is 3.06. The Morgan fingerprint density at radius 3 is 2.52 bits per heavy atom. The predicted molar refractivity (Wildman–Crippen MR) is 112 cm³/mol. The molecule has 0 heterocycles. The maximum Gasteiger partial charge on any atom is 0.244 e. The van der Waals surface area contributed by atoms with E-state index in [4.69, 9.17) is 0 Å². The normalized spacial score (nSPS) is 46.8. The molecule has 0 radical (unpaired) electrons. The van der Waals surface area contributed by atoms with Crippen LogP contribution in [0.1, 0.15) is 52.9 Å². The molecule has 0 spiro atoms. The fourth-order valence-corrected chi connectivity index (χ4v) is 6.77. The fourth-order valence-electron chi connectivity index (χ4n) is 6.50. The van der Waals surface area contributed by atoms with Crippen LogP contribution in [0.5, 0.6) is 0 Å². The van der Waals surface area contributed by atoms with Crippen LogP contribution >= 0.6 is 0 Å². The molecule has 4 aliphatic carbocycles. The number of sulfonamides is 1. The Bertz CT molecular complexity index is 949. The number of nitrogens with zero attached hydrogens (tertiary/aromatic N) is 2. The minimum Gasteiger partial charge on any atom is -0.411 e. The Labute approximate surface area is 172 Å². The molecule has 8 heteroatoms. The summed E-state index contributed by atoms with van der Waals surface area (Å²) in [7, 11) is -3.49. The molecule has 4 aliphatic rings. The van der Waals surface area contributed by atoms with Gasteiger partial charge in [0.2, 0.25) is 10.0 Å². The summed E-state index contributed by atoms with van der Waals surface area (Å²) in [6.07, 6.45) is 11.6. The van der Waals surface area contributed by atoms with Crippen molar-refractivity contribution in [3.8, 4) is 0 Å². The Morgan fingerprint density at radius 1 is 1.17 bits per heavy atom. The van der Waals surface area contributed by atoms with Crippen molar-refractivity contribution in [1.82, 2.24) is 4.83 Å². The van der Waals surface area contributed by atoms with E-state index in [0.717, 1.165) is 37.5 Å². The molecule has 160 valence electrons. The molecule has 29 heavy (non-hydrogen) atoms. The number of hydrogen-bond acceptors (Lipinski definition) is 6. The van der Waals surface area contributed by atoms with Crippen LogP contribution in [-0.2, 0) is 10.0 Å². The molecule has 0 unspecified atom stereocenters. The highest BCUT2D eigenvalue weighted by Crippen LogP contribution is 2.65. The summed E-state index contributed by atoms with van der Waals surface area (Å²) in [5.41, 5.74) is 0.917. The molecule has 7 nitrogen and oxygen atoms in total. The van der Waals surface area contributed by atoms with Gasteiger partial charge in [-0.15, -0.1) is 0 Å². The monoisotopic (exact) mass is 421 g/mol. The van der Waals surface area contributed by atoms with Crippen molar-refractivity contribution in [2.75, 3.05) is 6.26 Å². The first-order valence-corrected chi connectivity index (χ1v) is 12.2. The molecule has 6 atom stereocenters. The van der Waals surface area contributed by atoms with Gasteiger partial charge in [-0.05, 0) is 67.4 Å². The first-order valence-electron chi connectivity index (χ1n) is 10.3. The average molecular weight is 422 g/mol. The van der Waals surface area contributed by atoms with Crippen molar-refractivity contribution in [2.24, 2.45) is 38.8 Å². The van der Waals surface area contributed by atoms with Gasteiger partial charge < -0.3 is 10.3 Å². The Morgan fingerprint density at radius 2 is 1.86 bits per heavy atom. The van der Waals surface area contributed by atoms with Crippen molar-refractivity contribution in [1.29, 1.82) is 0 Å². The van der Waals surface area contributed by atoms with Gasteiger partial charge in [0.15, 0.2) is 0 Å². The Balaban J connectivity index is 1.73. The fraction of sp³-hybridized carbons (Fsp3) is 0.714. The van der Waals surface area contributed by atoms with E-state index in [2.05, 4.69) is 41.1 Å². The molecular formula is C21H31N3O4S. The first kappa shape index (κ1) is 20.6. The van der Waals surface area contributed by atoms with Crippen LogP contribution in [0.3, 0.4) is 0 Å². The lowest BCUT2D eigenvalue weighted by molar-refractivity contribution is -0.101. The molecule has 0 bridgehead atoms. The van der Waals surface area contributed by atoms with E-state index in [-0.39, 0.29) is 10.8 Å². The zero-order valence-corrected chi connectivity index (χ0v) is 18.3. The highest BCUT2D eigenvalue weighted by molar-refractivity contribution is 7.88. The van der Waals surface area contributed by atoms with Gasteiger partial charge in [-0.3, -0.25) is 0 Å². The molecular weight excluding hydrogens is 390 g/mol. The van der Waals surface area contributed by atoms with Gasteiger partial charge >= 0.3 is 0 Å². The molecule has 0 aliphatic heterocycles. The zero-order valence-electron chi connectivity index (χ0n) is 17.5. The second-order valence-corrected chi connectivity index (χ2v) is 11.7. The minimum absolute atomic E-state index is 0.0787. The van der Waals surface area contributed by atoms with E-state index >= 15 is 0 Å². The lowest BCUT2D eigenvalue weighted by Gasteiger charge is -2.57. The number of nitrogens with one attached hydrogen (secondary N) is 1. The van der Waals surface area contributed by atoms with Gasteiger partial charge in [0.25, 0.3) is 0 Å². The van der Waals surface area contributed by atoms with E-state index in [1.807, 2.05) is 13.0 Å². The highest BCUT2D eigenvalue weighted by Gasteiger charge is 2.61. The summed E-state index contributed by atoms with van der Waals surface area (Å²) < 4.78 is 22.8. The van der Waals surface area contributed by atoms with Crippen molar-refractivity contribution in [2.45, 2.75) is 58.5 Å². The van der Waals surface area contributed by atoms with E-state index < -0.39 is 15.6 Å². The van der Waals surface area contributed by atoms with E-state index in [0.29, 0.717) is 35.6 Å². The zero-order chi connectivity index (χ0) is 21.2. The van der Waals surface area contributed by atoms with Gasteiger partial charge in [-0.1, -0.05) is 31.2 Å². The average Bonchev–Trinajstić information content (AvgIpc) is 2.88. The second-order valence-electron chi connectivity index (χ2n) is 10.0. The van der Waals surface area contributed by atoms with Crippen molar-refractivity contribution in [3.63, 3.8) is 0 Å². The number of aliphatic hydroxyl groups is 1. The third-order valence-electron chi connectivity index (χ3n) is 8.45. The maximum absolute atomic E-state index is 11.4. The number of hydrogen-bond donors (Lipinski definition) is 3. The number of fused-ring (bicyclic) bond motifs is 5. The molecule has 0 aromatic carbocycles. The van der Waals surface area contributed by atoms with Crippen LogP contribution in [0.25, 0.3) is 0 Å². The van der Waals surface area contributed by atoms with Crippen molar-refractivity contribution in [3.05, 3.63) is 23.8 Å². The minimum atomic E-state index is -3.49. The molecule has 0 aromatic rings. The van der Waals surface area contributed by atoms with Crippen molar-refractivity contribution < 1.29 is 18.7 Å². The largest absolute Gasteiger partial charge is 0.411 e. The van der Waals surface area contributed by atoms with Crippen LogP contribution in [0.2, 0.25) is 0 Å². The number of hydrazone groups is 1. The summed E-state index contributed by atoms with van der Waals surface area (Å²) in [4.78, 5) is 2.14. The lowest BCUT2D eigenvalue weighted by atomic mass is 9.48. The van der Waals surface area contributed by atoms with Gasteiger partial charge in [0, 0.05) is 11.8 Å². The lowest BCUT2D eigenvalue weighted by Crippen LogP contribution is -2.53. The molecule has 4 rings (SSSR count). The van der Waals surface area contributed by atoms with Crippen LogP contribution in [-0.4, -0.2) is 42.0 Å². The summed E-state index contributed by atoms with van der Waals surface area (Å²) >= 11 is 0. The molecule has 0 aromatic heterocycles. The molecule has 0 amide bonds. The molecule has 2 fully saturated rings. The van der Waals surface area contributed by atoms with Gasteiger partial charge in [-0.2, -0.15) is 5.10 Å². The molecule has 3 N–H and O–H groups in total. The molecule has 0 saturated heterocycles. The van der Waals surface area contributed by atoms with E-state index in [9.17, 15) is 18.7 Å². The number of oxime groups is 1. The summed E-state index contributed by atoms with van der Waals surface area (Å²) in [6, 6.07) is 0. The van der Waals surface area contributed by atoms with E-state index in [1.165, 1.54) is 0 Å².